The molecule has 0 spiro atoms. The Morgan fingerprint density at radius 3 is 2.79 bits per heavy atom. The summed E-state index contributed by atoms with van der Waals surface area (Å²) in [6, 6.07) is 7.99. The van der Waals surface area contributed by atoms with Gasteiger partial charge in [0.25, 0.3) is 0 Å². The second-order valence-electron chi connectivity index (χ2n) is 9.00. The van der Waals surface area contributed by atoms with Gasteiger partial charge in [0, 0.05) is 16.0 Å². The van der Waals surface area contributed by atoms with Crippen LogP contribution in [0.15, 0.2) is 30.6 Å². The number of nitrogens with zero attached hydrogens (tertiary/aromatic N) is 4. The normalized spacial score (nSPS) is 17.6. The van der Waals surface area contributed by atoms with Crippen molar-refractivity contribution >= 4 is 27.2 Å². The predicted molar refractivity (Wildman–Crippen MR) is 116 cm³/mol. The van der Waals surface area contributed by atoms with E-state index in [1.807, 2.05) is 31.2 Å². The number of aryl methyl sites for hydroxylation is 1. The Kier molecular flexibility index (Phi) is 3.98. The summed E-state index contributed by atoms with van der Waals surface area (Å²) in [6.07, 6.45) is 2.70. The number of fused-ring (bicyclic) bond motifs is 5. The van der Waals surface area contributed by atoms with Crippen LogP contribution in [0.2, 0.25) is 0 Å². The van der Waals surface area contributed by atoms with Crippen molar-refractivity contribution in [1.29, 1.82) is 0 Å². The molecule has 1 aliphatic rings. The topological polar surface area (TPSA) is 64.3 Å². The number of aromatic nitrogens is 4. The van der Waals surface area contributed by atoms with Crippen LogP contribution in [0.25, 0.3) is 15.9 Å². The second kappa shape index (κ2) is 6.24. The summed E-state index contributed by atoms with van der Waals surface area (Å²) < 4.78 is 7.74. The fraction of sp³-hybridized carbons (Fsp3) is 0.409. The van der Waals surface area contributed by atoms with Crippen LogP contribution in [-0.4, -0.2) is 25.1 Å². The van der Waals surface area contributed by atoms with Gasteiger partial charge < -0.3 is 10.1 Å². The summed E-state index contributed by atoms with van der Waals surface area (Å²) in [6.45, 7) is 11.4. The summed E-state index contributed by atoms with van der Waals surface area (Å²) in [5.41, 5.74) is 3.22. The molecule has 29 heavy (non-hydrogen) atoms. The van der Waals surface area contributed by atoms with Gasteiger partial charge in [0.1, 0.15) is 23.5 Å². The lowest BCUT2D eigenvalue weighted by molar-refractivity contribution is 0.248. The monoisotopic (exact) mass is 407 g/mol. The van der Waals surface area contributed by atoms with Crippen LogP contribution in [-0.2, 0) is 18.6 Å². The Labute approximate surface area is 173 Å². The van der Waals surface area contributed by atoms with E-state index in [9.17, 15) is 0 Å². The summed E-state index contributed by atoms with van der Waals surface area (Å²) in [5, 5.41) is 9.51. The van der Waals surface area contributed by atoms with Crippen LogP contribution in [0.1, 0.15) is 49.5 Å². The molecule has 0 amide bonds. The van der Waals surface area contributed by atoms with E-state index in [4.69, 9.17) is 9.72 Å². The molecule has 4 heterocycles. The first-order valence-corrected chi connectivity index (χ1v) is 10.7. The van der Waals surface area contributed by atoms with E-state index in [0.29, 0.717) is 12.4 Å². The number of hydrogen-bond donors (Lipinski definition) is 1. The van der Waals surface area contributed by atoms with E-state index in [0.717, 1.165) is 33.6 Å². The molecule has 1 N–H and O–H groups in total. The minimum atomic E-state index is -0.101. The van der Waals surface area contributed by atoms with Gasteiger partial charge in [-0.2, -0.15) is 0 Å². The zero-order chi connectivity index (χ0) is 20.4. The van der Waals surface area contributed by atoms with Crippen molar-refractivity contribution in [3.8, 4) is 5.75 Å². The minimum absolute atomic E-state index is 0.00807. The van der Waals surface area contributed by atoms with Crippen molar-refractivity contribution in [3.05, 3.63) is 52.4 Å². The molecule has 0 saturated heterocycles. The molecule has 0 fully saturated rings. The molecule has 1 aromatic carbocycles. The van der Waals surface area contributed by atoms with Crippen molar-refractivity contribution in [2.75, 3.05) is 0 Å². The Morgan fingerprint density at radius 1 is 1.21 bits per heavy atom. The van der Waals surface area contributed by atoms with Gasteiger partial charge in [0.2, 0.25) is 0 Å². The van der Waals surface area contributed by atoms with Crippen molar-refractivity contribution in [2.24, 2.45) is 0 Å². The van der Waals surface area contributed by atoms with E-state index >= 15 is 0 Å². The van der Waals surface area contributed by atoms with Crippen molar-refractivity contribution < 1.29 is 4.74 Å². The van der Waals surface area contributed by atoms with Gasteiger partial charge in [-0.1, -0.05) is 18.2 Å². The molecule has 7 heteroatoms. The highest BCUT2D eigenvalue weighted by Gasteiger charge is 2.39. The van der Waals surface area contributed by atoms with E-state index in [-0.39, 0.29) is 11.1 Å². The molecule has 3 aromatic heterocycles. The maximum atomic E-state index is 5.96. The van der Waals surface area contributed by atoms with Gasteiger partial charge in [-0.25, -0.2) is 14.5 Å². The molecule has 6 nitrogen and oxygen atoms in total. The number of hydrogen-bond acceptors (Lipinski definition) is 6. The number of thiophene rings is 1. The molecule has 0 atom stereocenters. The SMILES string of the molecule is Cc1ccccc1OCc1nc2c3c4c(sc3ncn2n1)C(C)(C)NC(C)(C)C4. The third kappa shape index (κ3) is 3.09. The predicted octanol–water partition coefficient (Wildman–Crippen LogP) is 4.39. The molecule has 5 rings (SSSR count). The first kappa shape index (κ1) is 18.5. The van der Waals surface area contributed by atoms with Crippen molar-refractivity contribution in [3.63, 3.8) is 0 Å². The third-order valence-corrected chi connectivity index (χ3v) is 6.92. The van der Waals surface area contributed by atoms with Crippen LogP contribution in [0.4, 0.5) is 0 Å². The van der Waals surface area contributed by atoms with Gasteiger partial charge >= 0.3 is 0 Å². The zero-order valence-corrected chi connectivity index (χ0v) is 18.2. The molecule has 0 bridgehead atoms. The summed E-state index contributed by atoms with van der Waals surface area (Å²) in [5.74, 6) is 1.52. The van der Waals surface area contributed by atoms with Gasteiger partial charge in [-0.15, -0.1) is 16.4 Å². The molecule has 150 valence electrons. The van der Waals surface area contributed by atoms with Crippen LogP contribution in [0.3, 0.4) is 0 Å². The van der Waals surface area contributed by atoms with Gasteiger partial charge in [-0.3, -0.25) is 0 Å². The number of ether oxygens (including phenoxy) is 1. The van der Waals surface area contributed by atoms with E-state index in [1.165, 1.54) is 10.4 Å². The summed E-state index contributed by atoms with van der Waals surface area (Å²) in [4.78, 5) is 11.9. The average molecular weight is 408 g/mol. The lowest BCUT2D eigenvalue weighted by Crippen LogP contribution is -2.54. The van der Waals surface area contributed by atoms with Gasteiger partial charge in [0.15, 0.2) is 11.5 Å². The lowest BCUT2D eigenvalue weighted by atomic mass is 9.82. The molecule has 1 aliphatic heterocycles. The van der Waals surface area contributed by atoms with Crippen LogP contribution in [0.5, 0.6) is 5.75 Å². The van der Waals surface area contributed by atoms with Crippen molar-refractivity contribution in [2.45, 2.75) is 58.7 Å². The fourth-order valence-corrected chi connectivity index (χ4v) is 5.70. The van der Waals surface area contributed by atoms with Crippen LogP contribution >= 0.6 is 11.3 Å². The molecule has 0 unspecified atom stereocenters. The average Bonchev–Trinajstić information content (AvgIpc) is 3.20. The highest BCUT2D eigenvalue weighted by atomic mass is 32.1. The first-order valence-electron chi connectivity index (χ1n) is 9.87. The number of rotatable bonds is 3. The van der Waals surface area contributed by atoms with Gasteiger partial charge in [0.05, 0.1) is 5.39 Å². The van der Waals surface area contributed by atoms with Crippen LogP contribution < -0.4 is 10.1 Å². The number of para-hydroxylation sites is 1. The summed E-state index contributed by atoms with van der Waals surface area (Å²) in [7, 11) is 0. The molecular weight excluding hydrogens is 382 g/mol. The zero-order valence-electron chi connectivity index (χ0n) is 17.4. The smallest absolute Gasteiger partial charge is 0.189 e. The quantitative estimate of drug-likeness (QED) is 0.546. The Hall–Kier alpha value is -2.51. The standard InChI is InChI=1S/C22H25N5OS/c1-13-8-6-7-9-15(13)28-11-16-24-19-17-14-10-21(2,3)26-22(4,5)18(14)29-20(17)23-12-27(19)25-16/h6-9,12,26H,10-11H2,1-5H3. The molecule has 0 aliphatic carbocycles. The fourth-order valence-electron chi connectivity index (χ4n) is 4.48. The van der Waals surface area contributed by atoms with Crippen LogP contribution in [0, 0.1) is 6.92 Å². The van der Waals surface area contributed by atoms with E-state index in [2.05, 4.69) is 43.1 Å². The molecule has 0 saturated carbocycles. The highest BCUT2D eigenvalue weighted by molar-refractivity contribution is 7.19. The summed E-state index contributed by atoms with van der Waals surface area (Å²) >= 11 is 1.76. The minimum Gasteiger partial charge on any atom is -0.485 e. The molecule has 4 aromatic rings. The largest absolute Gasteiger partial charge is 0.485 e. The number of benzene rings is 1. The first-order chi connectivity index (χ1) is 13.7. The third-order valence-electron chi connectivity index (χ3n) is 5.46. The Bertz CT molecular complexity index is 1240. The maximum absolute atomic E-state index is 5.96. The van der Waals surface area contributed by atoms with Crippen molar-refractivity contribution in [1.82, 2.24) is 24.9 Å². The van der Waals surface area contributed by atoms with Gasteiger partial charge in [-0.05, 0) is 58.2 Å². The highest BCUT2D eigenvalue weighted by Crippen LogP contribution is 2.44. The lowest BCUT2D eigenvalue weighted by Gasteiger charge is -2.42. The second-order valence-corrected chi connectivity index (χ2v) is 9.99. The van der Waals surface area contributed by atoms with E-state index in [1.54, 1.807) is 22.2 Å². The number of nitrogens with one attached hydrogen (secondary N) is 1. The Balaban J connectivity index is 1.59. The maximum Gasteiger partial charge on any atom is 0.189 e. The van der Waals surface area contributed by atoms with E-state index < -0.39 is 0 Å². The molecule has 0 radical (unpaired) electrons. The molecular formula is C22H25N5OS. The Morgan fingerprint density at radius 2 is 2.00 bits per heavy atom.